The van der Waals surface area contributed by atoms with Crippen LogP contribution in [0.5, 0.6) is 0 Å². The molecule has 3 rings (SSSR count). The van der Waals surface area contributed by atoms with Gasteiger partial charge in [0, 0.05) is 25.3 Å². The quantitative estimate of drug-likeness (QED) is 0.757. The van der Waals surface area contributed by atoms with Crippen molar-refractivity contribution in [3.8, 4) is 0 Å². The van der Waals surface area contributed by atoms with Gasteiger partial charge < -0.3 is 10.4 Å². The highest BCUT2D eigenvalue weighted by atomic mass is 19.4. The van der Waals surface area contributed by atoms with Crippen LogP contribution in [0.15, 0.2) is 48.5 Å². The van der Waals surface area contributed by atoms with Gasteiger partial charge in [0.2, 0.25) is 5.91 Å². The third-order valence-electron chi connectivity index (χ3n) is 5.56. The Morgan fingerprint density at radius 2 is 1.73 bits per heavy atom. The highest BCUT2D eigenvalue weighted by molar-refractivity contribution is 5.92. The van der Waals surface area contributed by atoms with Gasteiger partial charge in [0.1, 0.15) is 0 Å². The normalized spacial score (nSPS) is 22.7. The molecule has 1 saturated heterocycles. The largest absolute Gasteiger partial charge is 0.416 e. The van der Waals surface area contributed by atoms with Crippen LogP contribution in [-0.2, 0) is 23.9 Å². The summed E-state index contributed by atoms with van der Waals surface area (Å²) < 4.78 is 41.1. The van der Waals surface area contributed by atoms with E-state index in [0.29, 0.717) is 13.1 Å². The van der Waals surface area contributed by atoms with Gasteiger partial charge >= 0.3 is 6.18 Å². The Bertz CT molecular complexity index is 858. The van der Waals surface area contributed by atoms with Crippen molar-refractivity contribution in [2.75, 3.05) is 18.4 Å². The third-order valence-corrected chi connectivity index (χ3v) is 5.56. The molecule has 0 saturated carbocycles. The Morgan fingerprint density at radius 3 is 2.33 bits per heavy atom. The van der Waals surface area contributed by atoms with Crippen molar-refractivity contribution in [2.24, 2.45) is 11.8 Å². The van der Waals surface area contributed by atoms with E-state index >= 15 is 0 Å². The first-order chi connectivity index (χ1) is 14.1. The van der Waals surface area contributed by atoms with E-state index in [2.05, 4.69) is 5.32 Å². The van der Waals surface area contributed by atoms with E-state index < -0.39 is 17.8 Å². The van der Waals surface area contributed by atoms with Gasteiger partial charge in [-0.3, -0.25) is 9.69 Å². The number of hydrogen-bond acceptors (Lipinski definition) is 3. The predicted octanol–water partition coefficient (Wildman–Crippen LogP) is 4.34. The van der Waals surface area contributed by atoms with Gasteiger partial charge in [-0.25, -0.2) is 0 Å². The van der Waals surface area contributed by atoms with E-state index in [4.69, 9.17) is 0 Å². The van der Waals surface area contributed by atoms with Crippen molar-refractivity contribution >= 4 is 11.6 Å². The van der Waals surface area contributed by atoms with Gasteiger partial charge in [-0.15, -0.1) is 0 Å². The Labute approximate surface area is 174 Å². The average molecular weight is 420 g/mol. The molecule has 2 aromatic rings. The van der Waals surface area contributed by atoms with Crippen LogP contribution in [0.4, 0.5) is 18.9 Å². The summed E-state index contributed by atoms with van der Waals surface area (Å²) in [4.78, 5) is 14.2. The molecular formula is C23H27F3N2O2. The minimum absolute atomic E-state index is 0.000338. The average Bonchev–Trinajstić information content (AvgIpc) is 2.67. The molecule has 1 amide bonds. The Balaban J connectivity index is 1.75. The van der Waals surface area contributed by atoms with E-state index in [1.165, 1.54) is 12.1 Å². The molecule has 2 atom stereocenters. The molecule has 1 aliphatic heterocycles. The molecule has 0 aromatic heterocycles. The lowest BCUT2D eigenvalue weighted by atomic mass is 9.88. The molecule has 0 bridgehead atoms. The fourth-order valence-electron chi connectivity index (χ4n) is 4.08. The number of likely N-dealkylation sites (tertiary alicyclic amines) is 1. The number of alkyl halides is 3. The molecule has 1 aliphatic rings. The van der Waals surface area contributed by atoms with Crippen molar-refractivity contribution in [2.45, 2.75) is 39.1 Å². The molecular weight excluding hydrogens is 393 g/mol. The van der Waals surface area contributed by atoms with Crippen LogP contribution in [0, 0.1) is 11.8 Å². The van der Waals surface area contributed by atoms with Crippen LogP contribution >= 0.6 is 0 Å². The fraction of sp³-hybridized carbons (Fsp3) is 0.435. The van der Waals surface area contributed by atoms with Crippen LogP contribution in [-0.4, -0.2) is 35.1 Å². The number of nitrogens with zero attached hydrogens (tertiary/aromatic N) is 1. The number of halogens is 3. The lowest BCUT2D eigenvalue weighted by Crippen LogP contribution is -2.47. The SMILES string of the molecule is CC1CN(Cc2ccc(NC(=O)Cc3ccccc3)cc2C(F)(F)F)CC(C)C1O. The number of carbonyl (C=O) groups is 1. The van der Waals surface area contributed by atoms with Crippen molar-refractivity contribution in [1.82, 2.24) is 4.90 Å². The van der Waals surface area contributed by atoms with Crippen molar-refractivity contribution in [3.63, 3.8) is 0 Å². The molecule has 0 radical (unpaired) electrons. The number of amides is 1. The third kappa shape index (κ3) is 5.61. The van der Waals surface area contributed by atoms with E-state index in [1.54, 1.807) is 24.3 Å². The summed E-state index contributed by atoms with van der Waals surface area (Å²) in [7, 11) is 0. The minimum atomic E-state index is -4.53. The predicted molar refractivity (Wildman–Crippen MR) is 110 cm³/mol. The van der Waals surface area contributed by atoms with Gasteiger partial charge in [0.25, 0.3) is 0 Å². The Kier molecular flexibility index (Phi) is 6.83. The number of anilines is 1. The summed E-state index contributed by atoms with van der Waals surface area (Å²) >= 11 is 0. The van der Waals surface area contributed by atoms with Crippen LogP contribution in [0.25, 0.3) is 0 Å². The highest BCUT2D eigenvalue weighted by Crippen LogP contribution is 2.35. The first kappa shape index (κ1) is 22.3. The second-order valence-corrected chi connectivity index (χ2v) is 8.22. The summed E-state index contributed by atoms with van der Waals surface area (Å²) in [6.07, 6.45) is -4.87. The fourth-order valence-corrected chi connectivity index (χ4v) is 4.08. The van der Waals surface area contributed by atoms with E-state index in [9.17, 15) is 23.1 Å². The standard InChI is InChI=1S/C23H27F3N2O2/c1-15-12-28(13-16(2)22(15)30)14-18-8-9-19(11-20(18)23(24,25)26)27-21(29)10-17-6-4-3-5-7-17/h3-9,11,15-16,22,30H,10,12-14H2,1-2H3,(H,27,29). The summed E-state index contributed by atoms with van der Waals surface area (Å²) in [5.74, 6) is -0.367. The van der Waals surface area contributed by atoms with E-state index in [0.717, 1.165) is 11.6 Å². The molecule has 0 spiro atoms. The van der Waals surface area contributed by atoms with Crippen molar-refractivity contribution in [3.05, 3.63) is 65.2 Å². The molecule has 2 unspecified atom stereocenters. The summed E-state index contributed by atoms with van der Waals surface area (Å²) in [6.45, 7) is 5.04. The molecule has 162 valence electrons. The molecule has 0 aliphatic carbocycles. The summed E-state index contributed by atoms with van der Waals surface area (Å²) in [5, 5.41) is 12.7. The Morgan fingerprint density at radius 1 is 1.10 bits per heavy atom. The van der Waals surface area contributed by atoms with Crippen LogP contribution in [0.1, 0.15) is 30.5 Å². The summed E-state index contributed by atoms with van der Waals surface area (Å²) in [5.41, 5.74) is 0.340. The zero-order valence-electron chi connectivity index (χ0n) is 17.1. The first-order valence-corrected chi connectivity index (χ1v) is 10.1. The van der Waals surface area contributed by atoms with Gasteiger partial charge in [-0.2, -0.15) is 13.2 Å². The maximum Gasteiger partial charge on any atom is 0.416 e. The van der Waals surface area contributed by atoms with Crippen LogP contribution < -0.4 is 5.32 Å². The van der Waals surface area contributed by atoms with Crippen molar-refractivity contribution in [1.29, 1.82) is 0 Å². The number of rotatable bonds is 5. The molecule has 30 heavy (non-hydrogen) atoms. The van der Waals surface area contributed by atoms with Crippen LogP contribution in [0.3, 0.4) is 0 Å². The maximum absolute atomic E-state index is 13.7. The molecule has 4 nitrogen and oxygen atoms in total. The second-order valence-electron chi connectivity index (χ2n) is 8.22. The number of carbonyl (C=O) groups excluding carboxylic acids is 1. The number of nitrogens with one attached hydrogen (secondary N) is 1. The zero-order valence-corrected chi connectivity index (χ0v) is 17.1. The smallest absolute Gasteiger partial charge is 0.392 e. The topological polar surface area (TPSA) is 52.6 Å². The summed E-state index contributed by atoms with van der Waals surface area (Å²) in [6, 6.07) is 13.0. The van der Waals surface area contributed by atoms with Gasteiger partial charge in [-0.05, 0) is 35.1 Å². The molecule has 1 fully saturated rings. The number of benzene rings is 2. The van der Waals surface area contributed by atoms with Gasteiger partial charge in [-0.1, -0.05) is 50.2 Å². The number of aliphatic hydroxyl groups excluding tert-OH is 1. The molecule has 2 N–H and O–H groups in total. The van der Waals surface area contributed by atoms with Crippen molar-refractivity contribution < 1.29 is 23.1 Å². The second kappa shape index (κ2) is 9.18. The molecule has 1 heterocycles. The number of aliphatic hydroxyl groups is 1. The van der Waals surface area contributed by atoms with Gasteiger partial charge in [0.05, 0.1) is 18.1 Å². The molecule has 7 heteroatoms. The number of piperidine rings is 1. The van der Waals surface area contributed by atoms with E-state index in [-0.39, 0.29) is 42.0 Å². The van der Waals surface area contributed by atoms with Gasteiger partial charge in [0.15, 0.2) is 0 Å². The zero-order chi connectivity index (χ0) is 21.9. The van der Waals surface area contributed by atoms with Crippen LogP contribution in [0.2, 0.25) is 0 Å². The maximum atomic E-state index is 13.7. The Hall–Kier alpha value is -2.38. The monoisotopic (exact) mass is 420 g/mol. The lowest BCUT2D eigenvalue weighted by Gasteiger charge is -2.39. The molecule has 2 aromatic carbocycles. The number of hydrogen-bond donors (Lipinski definition) is 2. The minimum Gasteiger partial charge on any atom is -0.392 e. The first-order valence-electron chi connectivity index (χ1n) is 10.1. The van der Waals surface area contributed by atoms with E-state index in [1.807, 2.05) is 24.8 Å². The lowest BCUT2D eigenvalue weighted by molar-refractivity contribution is -0.138. The highest BCUT2D eigenvalue weighted by Gasteiger charge is 2.36.